The van der Waals surface area contributed by atoms with Gasteiger partial charge >= 0.3 is 0 Å². The Morgan fingerprint density at radius 3 is 2.57 bits per heavy atom. The molecule has 1 atom stereocenters. The molecule has 126 valence electrons. The number of Topliss-reactive ketones (excluding diaryl/α,β-unsaturated/α-hetero) is 1. The summed E-state index contributed by atoms with van der Waals surface area (Å²) in [6.45, 7) is 8.30. The predicted octanol–water partition coefficient (Wildman–Crippen LogP) is 1.28. The van der Waals surface area contributed by atoms with Crippen LogP contribution in [0.4, 0.5) is 5.69 Å². The number of likely N-dealkylation sites (N-methyl/N-ethyl adjacent to an activating group) is 1. The van der Waals surface area contributed by atoms with Crippen LogP contribution in [0.3, 0.4) is 0 Å². The lowest BCUT2D eigenvalue weighted by molar-refractivity contribution is -0.114. The van der Waals surface area contributed by atoms with Crippen molar-refractivity contribution in [1.29, 1.82) is 0 Å². The topological polar surface area (TPSA) is 78.9 Å². The molecule has 6 nitrogen and oxygen atoms in total. The second-order valence-corrected chi connectivity index (χ2v) is 6.89. The van der Waals surface area contributed by atoms with E-state index in [4.69, 9.17) is 4.74 Å². The van der Waals surface area contributed by atoms with Crippen LogP contribution in [0.1, 0.15) is 36.7 Å². The minimum Gasteiger partial charge on any atom is -0.489 e. The number of ketones is 1. The van der Waals surface area contributed by atoms with Crippen LogP contribution in [0.2, 0.25) is 0 Å². The molecule has 1 aliphatic heterocycles. The van der Waals surface area contributed by atoms with Crippen LogP contribution >= 0.6 is 0 Å². The molecule has 1 amide bonds. The minimum atomic E-state index is -0.690. The van der Waals surface area contributed by atoms with Crippen LogP contribution in [0.5, 0.6) is 5.75 Å². The van der Waals surface area contributed by atoms with Crippen molar-refractivity contribution in [2.75, 3.05) is 25.1 Å². The first-order valence-electron chi connectivity index (χ1n) is 7.63. The number of carbonyl (C=O) groups is 2. The molecule has 0 fully saturated rings. The average molecular weight is 320 g/mol. The second-order valence-electron chi connectivity index (χ2n) is 6.89. The van der Waals surface area contributed by atoms with E-state index < -0.39 is 17.8 Å². The molecule has 0 aromatic heterocycles. The fourth-order valence-electron chi connectivity index (χ4n) is 2.44. The molecule has 0 aliphatic carbocycles. The Morgan fingerprint density at radius 2 is 1.96 bits per heavy atom. The number of anilines is 1. The zero-order valence-corrected chi connectivity index (χ0v) is 14.3. The zero-order valence-electron chi connectivity index (χ0n) is 14.3. The molecule has 1 aliphatic rings. The Morgan fingerprint density at radius 1 is 1.30 bits per heavy atom. The molecule has 0 radical (unpaired) electrons. The summed E-state index contributed by atoms with van der Waals surface area (Å²) in [7, 11) is 1.55. The van der Waals surface area contributed by atoms with Gasteiger partial charge in [-0.3, -0.25) is 9.59 Å². The number of aliphatic hydroxyl groups is 1. The molecule has 0 saturated carbocycles. The van der Waals surface area contributed by atoms with Gasteiger partial charge in [-0.15, -0.1) is 0 Å². The van der Waals surface area contributed by atoms with E-state index in [-0.39, 0.29) is 12.1 Å². The number of ether oxygens (including phenoxy) is 1. The van der Waals surface area contributed by atoms with Crippen molar-refractivity contribution in [2.24, 2.45) is 0 Å². The van der Waals surface area contributed by atoms with E-state index in [1.54, 1.807) is 26.1 Å². The highest BCUT2D eigenvalue weighted by Crippen LogP contribution is 2.38. The largest absolute Gasteiger partial charge is 0.489 e. The number of carbonyl (C=O) groups excluding carboxylic acids is 2. The molecule has 0 saturated heterocycles. The monoisotopic (exact) mass is 320 g/mol. The average Bonchev–Trinajstić information content (AvgIpc) is 2.69. The molecule has 6 heteroatoms. The maximum absolute atomic E-state index is 12.0. The predicted molar refractivity (Wildman–Crippen MR) is 88.2 cm³/mol. The van der Waals surface area contributed by atoms with E-state index in [1.807, 2.05) is 20.8 Å². The number of aliphatic hydroxyl groups excluding tert-OH is 1. The lowest BCUT2D eigenvalue weighted by Gasteiger charge is -2.23. The number of nitrogens with one attached hydrogen (secondary N) is 1. The normalized spacial score (nSPS) is 15.8. The highest BCUT2D eigenvalue weighted by Gasteiger charge is 2.37. The molecule has 0 bridgehead atoms. The molecule has 1 unspecified atom stereocenters. The molecular formula is C17H24N2O4. The third-order valence-corrected chi connectivity index (χ3v) is 3.71. The summed E-state index contributed by atoms with van der Waals surface area (Å²) in [5, 5.41) is 13.2. The first kappa shape index (κ1) is 17.4. The number of aryl methyl sites for hydroxylation is 1. The van der Waals surface area contributed by atoms with Crippen molar-refractivity contribution in [3.63, 3.8) is 0 Å². The van der Waals surface area contributed by atoms with Gasteiger partial charge in [0.25, 0.3) is 11.7 Å². The summed E-state index contributed by atoms with van der Waals surface area (Å²) in [6.07, 6.45) is -0.690. The van der Waals surface area contributed by atoms with Gasteiger partial charge in [0, 0.05) is 19.1 Å². The molecule has 1 heterocycles. The van der Waals surface area contributed by atoms with Gasteiger partial charge in [0.2, 0.25) is 0 Å². The van der Waals surface area contributed by atoms with Gasteiger partial charge in [-0.2, -0.15) is 0 Å². The van der Waals surface area contributed by atoms with Crippen molar-refractivity contribution < 1.29 is 19.4 Å². The van der Waals surface area contributed by atoms with Crippen molar-refractivity contribution in [2.45, 2.75) is 39.3 Å². The number of β-amino-alcohol motifs (C(OH)–C–C–N with tert-alkyl or cyclic N) is 1. The number of benzene rings is 1. The quantitative estimate of drug-likeness (QED) is 0.799. The van der Waals surface area contributed by atoms with Gasteiger partial charge in [0.05, 0.1) is 11.3 Å². The fourth-order valence-corrected chi connectivity index (χ4v) is 2.44. The van der Waals surface area contributed by atoms with E-state index >= 15 is 0 Å². The summed E-state index contributed by atoms with van der Waals surface area (Å²) >= 11 is 0. The van der Waals surface area contributed by atoms with Gasteiger partial charge in [-0.1, -0.05) is 6.07 Å². The third kappa shape index (κ3) is 3.71. The molecule has 2 N–H and O–H groups in total. The van der Waals surface area contributed by atoms with Crippen LogP contribution < -0.4 is 15.0 Å². The maximum Gasteiger partial charge on any atom is 0.299 e. The highest BCUT2D eigenvalue weighted by atomic mass is 16.5. The Bertz CT molecular complexity index is 634. The number of rotatable bonds is 5. The molecule has 1 aromatic carbocycles. The number of hydrogen-bond donors (Lipinski definition) is 2. The van der Waals surface area contributed by atoms with Crippen LogP contribution in [0.15, 0.2) is 12.1 Å². The molecule has 1 aromatic rings. The van der Waals surface area contributed by atoms with Gasteiger partial charge in [0.15, 0.2) is 0 Å². The van der Waals surface area contributed by atoms with E-state index in [2.05, 4.69) is 5.32 Å². The summed E-state index contributed by atoms with van der Waals surface area (Å²) in [4.78, 5) is 25.2. The fraction of sp³-hybridized carbons (Fsp3) is 0.529. The number of fused-ring (bicyclic) bond motifs is 1. The zero-order chi connectivity index (χ0) is 17.4. The van der Waals surface area contributed by atoms with E-state index in [1.165, 1.54) is 4.90 Å². The molecular weight excluding hydrogens is 296 g/mol. The van der Waals surface area contributed by atoms with Gasteiger partial charge in [-0.05, 0) is 39.3 Å². The Balaban J connectivity index is 2.11. The second kappa shape index (κ2) is 6.29. The van der Waals surface area contributed by atoms with Crippen LogP contribution in [0, 0.1) is 6.92 Å². The van der Waals surface area contributed by atoms with E-state index in [9.17, 15) is 14.7 Å². The number of hydrogen-bond acceptors (Lipinski definition) is 5. The summed E-state index contributed by atoms with van der Waals surface area (Å²) in [6, 6.07) is 3.47. The lowest BCUT2D eigenvalue weighted by atomic mass is 10.0. The standard InChI is InChI=1S/C17H24N2O4/c1-10-6-7-12(14-13(10)15(21)16(22)19(14)5)23-9-11(20)8-18-17(2,3)4/h6-7,11,18,20H,8-9H2,1-5H3. The summed E-state index contributed by atoms with van der Waals surface area (Å²) in [5.74, 6) is -0.642. The summed E-state index contributed by atoms with van der Waals surface area (Å²) < 4.78 is 5.66. The molecule has 23 heavy (non-hydrogen) atoms. The first-order valence-corrected chi connectivity index (χ1v) is 7.63. The van der Waals surface area contributed by atoms with Crippen molar-refractivity contribution in [1.82, 2.24) is 5.32 Å². The van der Waals surface area contributed by atoms with E-state index in [0.717, 1.165) is 5.56 Å². The van der Waals surface area contributed by atoms with Crippen LogP contribution in [-0.2, 0) is 4.79 Å². The third-order valence-electron chi connectivity index (χ3n) is 3.71. The van der Waals surface area contributed by atoms with Crippen molar-refractivity contribution >= 4 is 17.4 Å². The number of amides is 1. The van der Waals surface area contributed by atoms with E-state index in [0.29, 0.717) is 23.5 Å². The first-order chi connectivity index (χ1) is 10.6. The highest BCUT2D eigenvalue weighted by molar-refractivity contribution is 6.52. The maximum atomic E-state index is 12.0. The van der Waals surface area contributed by atoms with Gasteiger partial charge in [-0.25, -0.2) is 0 Å². The van der Waals surface area contributed by atoms with Crippen LogP contribution in [0.25, 0.3) is 0 Å². The van der Waals surface area contributed by atoms with Crippen molar-refractivity contribution in [3.8, 4) is 5.75 Å². The SMILES string of the molecule is Cc1ccc(OCC(O)CNC(C)(C)C)c2c1C(=O)C(=O)N2C. The lowest BCUT2D eigenvalue weighted by Crippen LogP contribution is -2.42. The Kier molecular flexibility index (Phi) is 4.77. The minimum absolute atomic E-state index is 0.0782. The smallest absolute Gasteiger partial charge is 0.299 e. The molecule has 2 rings (SSSR count). The van der Waals surface area contributed by atoms with Gasteiger partial charge < -0.3 is 20.1 Å². The molecule has 0 spiro atoms. The van der Waals surface area contributed by atoms with Crippen molar-refractivity contribution in [3.05, 3.63) is 23.3 Å². The number of nitrogens with zero attached hydrogens (tertiary/aromatic N) is 1. The Labute approximate surface area is 136 Å². The Hall–Kier alpha value is -1.92. The van der Waals surface area contributed by atoms with Crippen LogP contribution in [-0.4, -0.2) is 48.6 Å². The summed E-state index contributed by atoms with van der Waals surface area (Å²) in [5.41, 5.74) is 1.52. The van der Waals surface area contributed by atoms with Gasteiger partial charge in [0.1, 0.15) is 18.5 Å².